The summed E-state index contributed by atoms with van der Waals surface area (Å²) in [5, 5.41) is 0.473. The second kappa shape index (κ2) is 6.01. The molecule has 0 aliphatic carbocycles. The summed E-state index contributed by atoms with van der Waals surface area (Å²) in [5.74, 6) is -0.0591. The number of rotatable bonds is 4. The van der Waals surface area contributed by atoms with Crippen LogP contribution < -0.4 is 0 Å². The molecule has 0 radical (unpaired) electrons. The molecule has 1 rings (SSSR count). The average Bonchev–Trinajstić information content (AvgIpc) is 2.29. The molecule has 0 atom stereocenters. The topological polar surface area (TPSA) is 33.2 Å². The summed E-state index contributed by atoms with van der Waals surface area (Å²) in [6.07, 6.45) is 3.43. The second-order valence-electron chi connectivity index (χ2n) is 4.19. The fraction of sp³-hybridized carbons (Fsp3) is 0.538. The molecule has 0 aliphatic rings. The molecule has 1 aromatic rings. The number of pyridine rings is 1. The van der Waals surface area contributed by atoms with E-state index in [4.69, 9.17) is 11.6 Å². The van der Waals surface area contributed by atoms with Crippen molar-refractivity contribution < 1.29 is 4.79 Å². The molecule has 0 spiro atoms. The Morgan fingerprint density at radius 2 is 2.06 bits per heavy atom. The van der Waals surface area contributed by atoms with E-state index in [1.54, 1.807) is 17.2 Å². The van der Waals surface area contributed by atoms with Gasteiger partial charge in [-0.15, -0.1) is 0 Å². The molecule has 94 valence electrons. The van der Waals surface area contributed by atoms with E-state index >= 15 is 0 Å². The molecule has 3 nitrogen and oxygen atoms in total. The molecule has 0 saturated carbocycles. The Kier molecular flexibility index (Phi) is 4.94. The van der Waals surface area contributed by atoms with Crippen LogP contribution in [0.25, 0.3) is 0 Å². The van der Waals surface area contributed by atoms with Crippen LogP contribution in [0, 0.1) is 6.92 Å². The maximum absolute atomic E-state index is 12.2. The number of hydrogen-bond donors (Lipinski definition) is 0. The maximum atomic E-state index is 12.2. The first kappa shape index (κ1) is 14.0. The van der Waals surface area contributed by atoms with E-state index in [0.29, 0.717) is 10.6 Å². The molecule has 0 aliphatic heterocycles. The van der Waals surface area contributed by atoms with Gasteiger partial charge in [0.2, 0.25) is 0 Å². The third kappa shape index (κ3) is 3.19. The van der Waals surface area contributed by atoms with Gasteiger partial charge in [0, 0.05) is 25.0 Å². The van der Waals surface area contributed by atoms with E-state index in [0.717, 1.165) is 18.5 Å². The highest BCUT2D eigenvalue weighted by molar-refractivity contribution is 6.33. The molecule has 1 heterocycles. The maximum Gasteiger partial charge on any atom is 0.256 e. The minimum Gasteiger partial charge on any atom is -0.339 e. The highest BCUT2D eigenvalue weighted by Crippen LogP contribution is 2.19. The highest BCUT2D eigenvalue weighted by atomic mass is 35.5. The molecule has 17 heavy (non-hydrogen) atoms. The molecule has 1 aromatic heterocycles. The Morgan fingerprint density at radius 1 is 1.47 bits per heavy atom. The van der Waals surface area contributed by atoms with Crippen LogP contribution in [-0.2, 0) is 0 Å². The van der Waals surface area contributed by atoms with Crippen LogP contribution in [-0.4, -0.2) is 28.9 Å². The monoisotopic (exact) mass is 254 g/mol. The van der Waals surface area contributed by atoms with E-state index < -0.39 is 0 Å². The highest BCUT2D eigenvalue weighted by Gasteiger charge is 2.20. The van der Waals surface area contributed by atoms with Gasteiger partial charge < -0.3 is 4.90 Å². The quantitative estimate of drug-likeness (QED) is 0.826. The van der Waals surface area contributed by atoms with Gasteiger partial charge in [0.1, 0.15) is 0 Å². The summed E-state index contributed by atoms with van der Waals surface area (Å²) in [6.45, 7) is 6.00. The standard InChI is InChI=1S/C13H19ClN2O/c1-5-10(6-2)16(4)13(17)11-8-15-9(3)7-12(11)14/h7-8,10H,5-6H2,1-4H3. The largest absolute Gasteiger partial charge is 0.339 e. The lowest BCUT2D eigenvalue weighted by Gasteiger charge is -2.26. The first-order chi connectivity index (χ1) is 8.01. The van der Waals surface area contributed by atoms with Crippen LogP contribution in [0.5, 0.6) is 0 Å². The molecule has 0 N–H and O–H groups in total. The predicted molar refractivity (Wildman–Crippen MR) is 70.4 cm³/mol. The first-order valence-corrected chi connectivity index (χ1v) is 6.28. The van der Waals surface area contributed by atoms with Crippen molar-refractivity contribution in [3.8, 4) is 0 Å². The van der Waals surface area contributed by atoms with E-state index in [1.165, 1.54) is 0 Å². The van der Waals surface area contributed by atoms with Crippen molar-refractivity contribution in [3.63, 3.8) is 0 Å². The van der Waals surface area contributed by atoms with Gasteiger partial charge in [0.15, 0.2) is 0 Å². The SMILES string of the molecule is CCC(CC)N(C)C(=O)c1cnc(C)cc1Cl. The minimum atomic E-state index is -0.0591. The van der Waals surface area contributed by atoms with Gasteiger partial charge >= 0.3 is 0 Å². The first-order valence-electron chi connectivity index (χ1n) is 5.90. The number of carbonyl (C=O) groups excluding carboxylic acids is 1. The van der Waals surface area contributed by atoms with Crippen molar-refractivity contribution in [2.75, 3.05) is 7.05 Å². The molecule has 0 saturated heterocycles. The zero-order valence-corrected chi connectivity index (χ0v) is 11.6. The predicted octanol–water partition coefficient (Wildman–Crippen LogP) is 3.30. The van der Waals surface area contributed by atoms with Crippen LogP contribution >= 0.6 is 11.6 Å². The lowest BCUT2D eigenvalue weighted by molar-refractivity contribution is 0.0723. The van der Waals surface area contributed by atoms with Gasteiger partial charge in [-0.2, -0.15) is 0 Å². The summed E-state index contributed by atoms with van der Waals surface area (Å²) in [4.78, 5) is 18.1. The average molecular weight is 255 g/mol. The molecule has 1 amide bonds. The Labute approximate surface area is 108 Å². The van der Waals surface area contributed by atoms with E-state index in [-0.39, 0.29) is 11.9 Å². The normalized spacial score (nSPS) is 10.7. The van der Waals surface area contributed by atoms with Gasteiger partial charge in [0.25, 0.3) is 5.91 Å². The van der Waals surface area contributed by atoms with Gasteiger partial charge in [-0.25, -0.2) is 0 Å². The van der Waals surface area contributed by atoms with Crippen molar-refractivity contribution in [2.24, 2.45) is 0 Å². The third-order valence-electron chi connectivity index (χ3n) is 3.03. The van der Waals surface area contributed by atoms with Crippen molar-refractivity contribution >= 4 is 17.5 Å². The summed E-state index contributed by atoms with van der Waals surface area (Å²) in [7, 11) is 1.82. The van der Waals surface area contributed by atoms with Crippen LogP contribution in [0.4, 0.5) is 0 Å². The Morgan fingerprint density at radius 3 is 2.53 bits per heavy atom. The van der Waals surface area contributed by atoms with Gasteiger partial charge in [-0.05, 0) is 25.8 Å². The lowest BCUT2D eigenvalue weighted by Crippen LogP contribution is -2.36. The fourth-order valence-electron chi connectivity index (χ4n) is 1.88. The number of hydrogen-bond acceptors (Lipinski definition) is 2. The Balaban J connectivity index is 2.96. The molecular weight excluding hydrogens is 236 g/mol. The second-order valence-corrected chi connectivity index (χ2v) is 4.60. The van der Waals surface area contributed by atoms with Crippen LogP contribution in [0.1, 0.15) is 42.7 Å². The number of amides is 1. The van der Waals surface area contributed by atoms with E-state index in [9.17, 15) is 4.79 Å². The zero-order chi connectivity index (χ0) is 13.0. The molecule has 4 heteroatoms. The Bertz CT molecular complexity index is 402. The lowest BCUT2D eigenvalue weighted by atomic mass is 10.1. The summed E-state index contributed by atoms with van der Waals surface area (Å²) >= 11 is 6.07. The van der Waals surface area contributed by atoms with E-state index in [1.807, 2.05) is 14.0 Å². The van der Waals surface area contributed by atoms with Crippen molar-refractivity contribution in [1.82, 2.24) is 9.88 Å². The summed E-state index contributed by atoms with van der Waals surface area (Å²) < 4.78 is 0. The summed E-state index contributed by atoms with van der Waals surface area (Å²) in [6, 6.07) is 1.97. The molecular formula is C13H19ClN2O. The van der Waals surface area contributed by atoms with Crippen molar-refractivity contribution in [1.29, 1.82) is 0 Å². The molecule has 0 aromatic carbocycles. The number of carbonyl (C=O) groups is 1. The number of halogens is 1. The van der Waals surface area contributed by atoms with Gasteiger partial charge in [-0.3, -0.25) is 9.78 Å². The molecule has 0 unspecified atom stereocenters. The minimum absolute atomic E-state index is 0.0591. The van der Waals surface area contributed by atoms with Crippen LogP contribution in [0.3, 0.4) is 0 Å². The summed E-state index contributed by atoms with van der Waals surface area (Å²) in [5.41, 5.74) is 1.29. The molecule has 0 fully saturated rings. The van der Waals surface area contributed by atoms with Crippen molar-refractivity contribution in [2.45, 2.75) is 39.7 Å². The smallest absolute Gasteiger partial charge is 0.256 e. The number of aromatic nitrogens is 1. The van der Waals surface area contributed by atoms with Gasteiger partial charge in [-0.1, -0.05) is 25.4 Å². The van der Waals surface area contributed by atoms with Gasteiger partial charge in [0.05, 0.1) is 10.6 Å². The van der Waals surface area contributed by atoms with E-state index in [2.05, 4.69) is 18.8 Å². The van der Waals surface area contributed by atoms with Crippen molar-refractivity contribution in [3.05, 3.63) is 28.5 Å². The zero-order valence-electron chi connectivity index (χ0n) is 10.8. The number of aryl methyl sites for hydroxylation is 1. The van der Waals surface area contributed by atoms with Crippen LogP contribution in [0.15, 0.2) is 12.3 Å². The third-order valence-corrected chi connectivity index (χ3v) is 3.34. The molecule has 0 bridgehead atoms. The van der Waals surface area contributed by atoms with Crippen LogP contribution in [0.2, 0.25) is 5.02 Å². The Hall–Kier alpha value is -1.09. The number of nitrogens with zero attached hydrogens (tertiary/aromatic N) is 2. The fourth-order valence-corrected chi connectivity index (χ4v) is 2.16.